The second-order valence-corrected chi connectivity index (χ2v) is 6.69. The maximum atomic E-state index is 11.7. The number of anilines is 1. The number of nitrogens with zero attached hydrogens (tertiary/aromatic N) is 4. The first-order chi connectivity index (χ1) is 9.91. The number of aromatic nitrogens is 4. The van der Waals surface area contributed by atoms with E-state index in [1.807, 2.05) is 0 Å². The summed E-state index contributed by atoms with van der Waals surface area (Å²) < 4.78 is 35.6. The second kappa shape index (κ2) is 4.81. The van der Waals surface area contributed by atoms with Crippen molar-refractivity contribution in [2.45, 2.75) is 24.2 Å². The summed E-state index contributed by atoms with van der Waals surface area (Å²) in [7, 11) is -2.13. The fourth-order valence-electron chi connectivity index (χ4n) is 2.27. The van der Waals surface area contributed by atoms with E-state index in [2.05, 4.69) is 15.1 Å². The number of methoxy groups -OCH3 is 1. The predicted molar refractivity (Wildman–Crippen MR) is 73.6 cm³/mol. The van der Waals surface area contributed by atoms with Crippen molar-refractivity contribution in [1.29, 1.82) is 0 Å². The summed E-state index contributed by atoms with van der Waals surface area (Å²) in [4.78, 5) is 7.91. The third kappa shape index (κ3) is 2.29. The zero-order valence-electron chi connectivity index (χ0n) is 11.6. The Kier molecular flexibility index (Phi) is 3.21. The summed E-state index contributed by atoms with van der Waals surface area (Å²) in [5.41, 5.74) is 6.15. The van der Waals surface area contributed by atoms with Crippen LogP contribution in [0.15, 0.2) is 5.16 Å². The van der Waals surface area contributed by atoms with Gasteiger partial charge in [0.25, 0.3) is 5.16 Å². The Labute approximate surface area is 121 Å². The van der Waals surface area contributed by atoms with Crippen LogP contribution in [-0.2, 0) is 14.6 Å². The smallest absolute Gasteiger partial charge is 0.250 e. The van der Waals surface area contributed by atoms with Crippen molar-refractivity contribution < 1.29 is 17.9 Å². The zero-order valence-corrected chi connectivity index (χ0v) is 12.4. The molecule has 0 aliphatic carbocycles. The van der Waals surface area contributed by atoms with Gasteiger partial charge < -0.3 is 15.2 Å². The minimum absolute atomic E-state index is 0.0153. The lowest BCUT2D eigenvalue weighted by Gasteiger charge is -2.10. The van der Waals surface area contributed by atoms with Crippen LogP contribution in [0.2, 0.25) is 0 Å². The zero-order chi connectivity index (χ0) is 15.2. The molecule has 1 saturated heterocycles. The SMILES string of the molecule is COc1nn(C2CCCO2)c2nc(S(C)(=O)=O)nc(N)c12. The second-order valence-electron chi connectivity index (χ2n) is 4.78. The molecule has 1 unspecified atom stereocenters. The van der Waals surface area contributed by atoms with Crippen LogP contribution in [0.4, 0.5) is 5.82 Å². The minimum atomic E-state index is -3.58. The van der Waals surface area contributed by atoms with Crippen molar-refractivity contribution in [3.8, 4) is 5.88 Å². The van der Waals surface area contributed by atoms with Gasteiger partial charge in [0.1, 0.15) is 11.2 Å². The highest BCUT2D eigenvalue weighted by atomic mass is 32.2. The molecule has 1 fully saturated rings. The third-order valence-corrected chi connectivity index (χ3v) is 4.08. The molecule has 1 aliphatic heterocycles. The summed E-state index contributed by atoms with van der Waals surface area (Å²) in [5.74, 6) is 0.263. The Balaban J connectivity index is 2.30. The van der Waals surface area contributed by atoms with E-state index in [1.165, 1.54) is 11.8 Å². The van der Waals surface area contributed by atoms with Crippen molar-refractivity contribution in [3.05, 3.63) is 0 Å². The molecule has 0 amide bonds. The number of fused-ring (bicyclic) bond motifs is 1. The topological polar surface area (TPSA) is 122 Å². The largest absolute Gasteiger partial charge is 0.479 e. The van der Waals surface area contributed by atoms with Crippen LogP contribution in [0.25, 0.3) is 11.0 Å². The van der Waals surface area contributed by atoms with E-state index in [4.69, 9.17) is 15.2 Å². The summed E-state index contributed by atoms with van der Waals surface area (Å²) in [6, 6.07) is 0. The highest BCUT2D eigenvalue weighted by Crippen LogP contribution is 2.33. The van der Waals surface area contributed by atoms with Gasteiger partial charge in [-0.2, -0.15) is 4.98 Å². The van der Waals surface area contributed by atoms with Gasteiger partial charge in [-0.15, -0.1) is 5.10 Å². The molecule has 10 heteroatoms. The molecule has 0 aromatic carbocycles. The fraction of sp³-hybridized carbons (Fsp3) is 0.545. The number of hydrogen-bond acceptors (Lipinski definition) is 8. The Morgan fingerprint density at radius 3 is 2.76 bits per heavy atom. The van der Waals surface area contributed by atoms with E-state index < -0.39 is 9.84 Å². The average molecular weight is 313 g/mol. The summed E-state index contributed by atoms with van der Waals surface area (Å²) in [6.07, 6.45) is 2.38. The van der Waals surface area contributed by atoms with Gasteiger partial charge in [-0.05, 0) is 12.8 Å². The normalized spacial score (nSPS) is 19.2. The van der Waals surface area contributed by atoms with Crippen LogP contribution in [-0.4, -0.2) is 48.1 Å². The van der Waals surface area contributed by atoms with Crippen LogP contribution in [0, 0.1) is 0 Å². The lowest BCUT2D eigenvalue weighted by atomic mass is 10.3. The van der Waals surface area contributed by atoms with E-state index in [1.54, 1.807) is 0 Å². The van der Waals surface area contributed by atoms with Crippen molar-refractivity contribution in [2.75, 3.05) is 25.7 Å². The van der Waals surface area contributed by atoms with Gasteiger partial charge in [0, 0.05) is 12.9 Å². The number of rotatable bonds is 3. The predicted octanol–water partition coefficient (Wildman–Crippen LogP) is 0.130. The molecule has 2 N–H and O–H groups in total. The Bertz CT molecular complexity index is 795. The van der Waals surface area contributed by atoms with Crippen LogP contribution in [0.3, 0.4) is 0 Å². The standard InChI is InChI=1S/C11H15N5O4S/c1-19-10-7-8(12)13-11(21(2,17)18)14-9(7)16(15-10)6-4-3-5-20-6/h6H,3-5H2,1-2H3,(H2,12,13,14). The monoisotopic (exact) mass is 313 g/mol. The quantitative estimate of drug-likeness (QED) is 0.793. The maximum Gasteiger partial charge on any atom is 0.250 e. The van der Waals surface area contributed by atoms with Gasteiger partial charge in [-0.1, -0.05) is 0 Å². The molecular formula is C11H15N5O4S. The highest BCUT2D eigenvalue weighted by Gasteiger charge is 2.27. The fourth-order valence-corrected chi connectivity index (χ4v) is 2.79. The van der Waals surface area contributed by atoms with E-state index in [0.29, 0.717) is 17.6 Å². The molecular weight excluding hydrogens is 298 g/mol. The summed E-state index contributed by atoms with van der Waals surface area (Å²) >= 11 is 0. The maximum absolute atomic E-state index is 11.7. The van der Waals surface area contributed by atoms with Gasteiger partial charge in [-0.25, -0.2) is 18.1 Å². The minimum Gasteiger partial charge on any atom is -0.479 e. The lowest BCUT2D eigenvalue weighted by Crippen LogP contribution is -2.12. The molecule has 1 atom stereocenters. The van der Waals surface area contributed by atoms with Crippen molar-refractivity contribution >= 4 is 26.7 Å². The van der Waals surface area contributed by atoms with E-state index in [-0.39, 0.29) is 23.1 Å². The molecule has 1 aliphatic rings. The Morgan fingerprint density at radius 1 is 1.43 bits per heavy atom. The number of nitrogen functional groups attached to an aromatic ring is 1. The summed E-state index contributed by atoms with van der Waals surface area (Å²) in [5, 5.41) is 4.32. The lowest BCUT2D eigenvalue weighted by molar-refractivity contribution is 0.0489. The highest BCUT2D eigenvalue weighted by molar-refractivity contribution is 7.90. The summed E-state index contributed by atoms with van der Waals surface area (Å²) in [6.45, 7) is 0.619. The van der Waals surface area contributed by atoms with Crippen LogP contribution in [0.5, 0.6) is 5.88 Å². The van der Waals surface area contributed by atoms with Gasteiger partial charge in [0.2, 0.25) is 15.7 Å². The molecule has 9 nitrogen and oxygen atoms in total. The van der Waals surface area contributed by atoms with E-state index in [0.717, 1.165) is 19.1 Å². The number of ether oxygens (including phenoxy) is 2. The first kappa shape index (κ1) is 14.0. The van der Waals surface area contributed by atoms with Crippen molar-refractivity contribution in [3.63, 3.8) is 0 Å². The average Bonchev–Trinajstić information content (AvgIpc) is 3.03. The van der Waals surface area contributed by atoms with Gasteiger partial charge >= 0.3 is 0 Å². The molecule has 2 aromatic rings. The first-order valence-corrected chi connectivity index (χ1v) is 8.22. The molecule has 0 spiro atoms. The van der Waals surface area contributed by atoms with Gasteiger partial charge in [0.05, 0.1) is 7.11 Å². The molecule has 2 aromatic heterocycles. The molecule has 0 radical (unpaired) electrons. The van der Waals surface area contributed by atoms with Crippen LogP contribution < -0.4 is 10.5 Å². The molecule has 3 heterocycles. The first-order valence-electron chi connectivity index (χ1n) is 6.33. The number of hydrogen-bond donors (Lipinski definition) is 1. The van der Waals surface area contributed by atoms with Gasteiger partial charge in [-0.3, -0.25) is 0 Å². The molecule has 3 rings (SSSR count). The third-order valence-electron chi connectivity index (χ3n) is 3.23. The van der Waals surface area contributed by atoms with Crippen LogP contribution in [0.1, 0.15) is 19.1 Å². The van der Waals surface area contributed by atoms with Crippen molar-refractivity contribution in [2.24, 2.45) is 0 Å². The van der Waals surface area contributed by atoms with Gasteiger partial charge in [0.15, 0.2) is 11.9 Å². The Morgan fingerprint density at radius 2 is 2.19 bits per heavy atom. The van der Waals surface area contributed by atoms with E-state index >= 15 is 0 Å². The van der Waals surface area contributed by atoms with Crippen LogP contribution >= 0.6 is 0 Å². The molecule has 0 bridgehead atoms. The Hall–Kier alpha value is -1.94. The molecule has 114 valence electrons. The molecule has 0 saturated carbocycles. The number of sulfone groups is 1. The van der Waals surface area contributed by atoms with Crippen molar-refractivity contribution in [1.82, 2.24) is 19.7 Å². The number of nitrogens with two attached hydrogens (primary N) is 1. The van der Waals surface area contributed by atoms with E-state index in [9.17, 15) is 8.42 Å². The molecule has 21 heavy (non-hydrogen) atoms.